The number of hydrogen-bond acceptors (Lipinski definition) is 2. The SMILES string of the molecule is Cc1ccc(C)c(CC(=O)NC(C)c2ncc(C)[nH]2)c1. The summed E-state index contributed by atoms with van der Waals surface area (Å²) in [5, 5.41) is 2.97. The van der Waals surface area contributed by atoms with Crippen LogP contribution in [0.5, 0.6) is 0 Å². The van der Waals surface area contributed by atoms with Gasteiger partial charge >= 0.3 is 0 Å². The number of aromatic amines is 1. The number of rotatable bonds is 4. The molecule has 0 saturated heterocycles. The number of hydrogen-bond donors (Lipinski definition) is 2. The van der Waals surface area contributed by atoms with E-state index in [0.29, 0.717) is 6.42 Å². The van der Waals surface area contributed by atoms with Gasteiger partial charge in [-0.3, -0.25) is 4.79 Å². The summed E-state index contributed by atoms with van der Waals surface area (Å²) in [6.07, 6.45) is 2.17. The Balaban J connectivity index is 2.00. The van der Waals surface area contributed by atoms with Gasteiger partial charge in [0.05, 0.1) is 12.5 Å². The molecule has 1 heterocycles. The topological polar surface area (TPSA) is 57.8 Å². The Hall–Kier alpha value is -2.10. The average molecular weight is 271 g/mol. The molecule has 1 aromatic carbocycles. The molecule has 2 N–H and O–H groups in total. The molecular weight excluding hydrogens is 250 g/mol. The van der Waals surface area contributed by atoms with E-state index in [9.17, 15) is 4.79 Å². The quantitative estimate of drug-likeness (QED) is 0.898. The van der Waals surface area contributed by atoms with E-state index < -0.39 is 0 Å². The van der Waals surface area contributed by atoms with Gasteiger partial charge in [0.25, 0.3) is 0 Å². The van der Waals surface area contributed by atoms with E-state index in [4.69, 9.17) is 0 Å². The molecule has 0 aliphatic rings. The first kappa shape index (κ1) is 14.3. The highest BCUT2D eigenvalue weighted by Gasteiger charge is 2.13. The fourth-order valence-electron chi connectivity index (χ4n) is 2.18. The van der Waals surface area contributed by atoms with Gasteiger partial charge in [0.15, 0.2) is 0 Å². The fraction of sp³-hybridized carbons (Fsp3) is 0.375. The highest BCUT2D eigenvalue weighted by Crippen LogP contribution is 2.13. The smallest absolute Gasteiger partial charge is 0.225 e. The Morgan fingerprint density at radius 1 is 1.35 bits per heavy atom. The van der Waals surface area contributed by atoms with E-state index in [1.54, 1.807) is 6.20 Å². The van der Waals surface area contributed by atoms with Gasteiger partial charge in [-0.25, -0.2) is 4.98 Å². The minimum Gasteiger partial charge on any atom is -0.346 e. The number of H-pyrrole nitrogens is 1. The molecular formula is C16H21N3O. The van der Waals surface area contributed by atoms with Crippen LogP contribution in [0.25, 0.3) is 0 Å². The maximum Gasteiger partial charge on any atom is 0.225 e. The first-order valence-electron chi connectivity index (χ1n) is 6.82. The van der Waals surface area contributed by atoms with Crippen LogP contribution in [0.1, 0.15) is 41.2 Å². The van der Waals surface area contributed by atoms with Crippen molar-refractivity contribution in [2.75, 3.05) is 0 Å². The van der Waals surface area contributed by atoms with Crippen molar-refractivity contribution >= 4 is 5.91 Å². The predicted octanol–water partition coefficient (Wildman–Crippen LogP) is 2.75. The summed E-state index contributed by atoms with van der Waals surface area (Å²) in [5.41, 5.74) is 4.39. The van der Waals surface area contributed by atoms with E-state index >= 15 is 0 Å². The number of carbonyl (C=O) groups is 1. The lowest BCUT2D eigenvalue weighted by atomic mass is 10.0. The normalized spacial score (nSPS) is 12.2. The Kier molecular flexibility index (Phi) is 4.23. The second-order valence-corrected chi connectivity index (χ2v) is 5.35. The molecule has 0 aliphatic heterocycles. The van der Waals surface area contributed by atoms with E-state index in [0.717, 1.165) is 22.6 Å². The van der Waals surface area contributed by atoms with Crippen molar-refractivity contribution < 1.29 is 4.79 Å². The second-order valence-electron chi connectivity index (χ2n) is 5.35. The van der Waals surface area contributed by atoms with Gasteiger partial charge in [-0.15, -0.1) is 0 Å². The van der Waals surface area contributed by atoms with Crippen LogP contribution in [0.3, 0.4) is 0 Å². The number of amides is 1. The Bertz CT molecular complexity index is 616. The second kappa shape index (κ2) is 5.90. The third-order valence-electron chi connectivity index (χ3n) is 3.37. The van der Waals surface area contributed by atoms with Crippen LogP contribution in [0.4, 0.5) is 0 Å². The summed E-state index contributed by atoms with van der Waals surface area (Å²) in [5.74, 6) is 0.803. The number of aryl methyl sites for hydroxylation is 3. The van der Waals surface area contributed by atoms with Crippen molar-refractivity contribution in [3.8, 4) is 0 Å². The monoisotopic (exact) mass is 271 g/mol. The maximum absolute atomic E-state index is 12.1. The Morgan fingerprint density at radius 3 is 2.75 bits per heavy atom. The first-order chi connectivity index (χ1) is 9.45. The van der Waals surface area contributed by atoms with Crippen molar-refractivity contribution in [3.63, 3.8) is 0 Å². The molecule has 1 aromatic heterocycles. The highest BCUT2D eigenvalue weighted by atomic mass is 16.1. The van der Waals surface area contributed by atoms with Crippen molar-refractivity contribution in [1.82, 2.24) is 15.3 Å². The van der Waals surface area contributed by atoms with Gasteiger partial charge in [0.2, 0.25) is 5.91 Å². The molecule has 2 rings (SSSR count). The lowest BCUT2D eigenvalue weighted by Crippen LogP contribution is -2.29. The van der Waals surface area contributed by atoms with Crippen molar-refractivity contribution in [3.05, 3.63) is 52.6 Å². The average Bonchev–Trinajstić information content (AvgIpc) is 2.80. The molecule has 20 heavy (non-hydrogen) atoms. The molecule has 1 unspecified atom stereocenters. The summed E-state index contributed by atoms with van der Waals surface area (Å²) in [6.45, 7) is 7.94. The molecule has 0 radical (unpaired) electrons. The van der Waals surface area contributed by atoms with Crippen LogP contribution >= 0.6 is 0 Å². The summed E-state index contributed by atoms with van der Waals surface area (Å²) in [6, 6.07) is 6.07. The molecule has 0 fully saturated rings. The molecule has 1 atom stereocenters. The number of aromatic nitrogens is 2. The van der Waals surface area contributed by atoms with Gasteiger partial charge in [-0.05, 0) is 38.8 Å². The van der Waals surface area contributed by atoms with Gasteiger partial charge in [-0.2, -0.15) is 0 Å². The summed E-state index contributed by atoms with van der Waals surface area (Å²) < 4.78 is 0. The van der Waals surface area contributed by atoms with Crippen molar-refractivity contribution in [1.29, 1.82) is 0 Å². The molecule has 0 spiro atoms. The minimum absolute atomic E-state index is 0.0141. The predicted molar refractivity (Wildman–Crippen MR) is 79.5 cm³/mol. The number of nitrogens with one attached hydrogen (secondary N) is 2. The highest BCUT2D eigenvalue weighted by molar-refractivity contribution is 5.79. The maximum atomic E-state index is 12.1. The number of nitrogens with zero attached hydrogens (tertiary/aromatic N) is 1. The zero-order valence-electron chi connectivity index (χ0n) is 12.4. The lowest BCUT2D eigenvalue weighted by molar-refractivity contribution is -0.121. The molecule has 1 amide bonds. The number of benzene rings is 1. The zero-order valence-corrected chi connectivity index (χ0v) is 12.4. The standard InChI is InChI=1S/C16H21N3O/c1-10-5-6-11(2)14(7-10)8-15(20)19-13(4)16-17-9-12(3)18-16/h5-7,9,13H,8H2,1-4H3,(H,17,18)(H,19,20). The van der Waals surface area contributed by atoms with Crippen molar-refractivity contribution in [2.45, 2.75) is 40.2 Å². The molecule has 0 aliphatic carbocycles. The van der Waals surface area contributed by atoms with Crippen LogP contribution in [0, 0.1) is 20.8 Å². The van der Waals surface area contributed by atoms with Gasteiger partial charge in [-0.1, -0.05) is 23.8 Å². The molecule has 106 valence electrons. The van der Waals surface area contributed by atoms with Gasteiger partial charge < -0.3 is 10.3 Å². The number of carbonyl (C=O) groups excluding carboxylic acids is 1. The van der Waals surface area contributed by atoms with Crippen LogP contribution in [0.15, 0.2) is 24.4 Å². The summed E-state index contributed by atoms with van der Waals surface area (Å²) in [4.78, 5) is 19.5. The van der Waals surface area contributed by atoms with Crippen LogP contribution in [-0.2, 0) is 11.2 Å². The summed E-state index contributed by atoms with van der Waals surface area (Å²) >= 11 is 0. The molecule has 0 bridgehead atoms. The van der Waals surface area contributed by atoms with Gasteiger partial charge in [0.1, 0.15) is 5.82 Å². The molecule has 4 heteroatoms. The van der Waals surface area contributed by atoms with Crippen LogP contribution < -0.4 is 5.32 Å². The third kappa shape index (κ3) is 3.47. The van der Waals surface area contributed by atoms with E-state index in [2.05, 4.69) is 33.5 Å². The minimum atomic E-state index is -0.110. The fourth-order valence-corrected chi connectivity index (χ4v) is 2.18. The van der Waals surface area contributed by atoms with Gasteiger partial charge in [0, 0.05) is 11.9 Å². The van der Waals surface area contributed by atoms with Crippen LogP contribution in [-0.4, -0.2) is 15.9 Å². The molecule has 4 nitrogen and oxygen atoms in total. The van der Waals surface area contributed by atoms with E-state index in [-0.39, 0.29) is 11.9 Å². The van der Waals surface area contributed by atoms with E-state index in [1.807, 2.05) is 27.7 Å². The largest absolute Gasteiger partial charge is 0.346 e. The lowest BCUT2D eigenvalue weighted by Gasteiger charge is -2.13. The van der Waals surface area contributed by atoms with Crippen LogP contribution in [0.2, 0.25) is 0 Å². The summed E-state index contributed by atoms with van der Waals surface area (Å²) in [7, 11) is 0. The number of imidazole rings is 1. The third-order valence-corrected chi connectivity index (χ3v) is 3.37. The Labute approximate surface area is 119 Å². The first-order valence-corrected chi connectivity index (χ1v) is 6.82. The van der Waals surface area contributed by atoms with Crippen molar-refractivity contribution in [2.24, 2.45) is 0 Å². The van der Waals surface area contributed by atoms with E-state index in [1.165, 1.54) is 5.56 Å². The zero-order chi connectivity index (χ0) is 14.7. The molecule has 2 aromatic rings. The Morgan fingerprint density at radius 2 is 2.10 bits per heavy atom. The molecule has 0 saturated carbocycles.